The monoisotopic (exact) mass is 432 g/mol. The molecule has 29 heavy (non-hydrogen) atoms. The van der Waals surface area contributed by atoms with E-state index in [0.29, 0.717) is 16.0 Å². The van der Waals surface area contributed by atoms with E-state index in [2.05, 4.69) is 17.6 Å². The van der Waals surface area contributed by atoms with E-state index in [1.54, 1.807) is 6.07 Å². The maximum atomic E-state index is 12.6. The zero-order valence-electron chi connectivity index (χ0n) is 16.5. The third kappa shape index (κ3) is 4.49. The molecule has 1 aliphatic carbocycles. The van der Waals surface area contributed by atoms with Gasteiger partial charge in [-0.1, -0.05) is 73.3 Å². The average Bonchev–Trinajstić information content (AvgIpc) is 3.24. The van der Waals surface area contributed by atoms with Gasteiger partial charge < -0.3 is 15.4 Å². The first-order valence-electron chi connectivity index (χ1n) is 10.3. The number of hydrogen-bond acceptors (Lipinski definition) is 3. The number of hydrogen-bond donors (Lipinski definition) is 2. The second-order valence-electron chi connectivity index (χ2n) is 8.11. The number of nitrogens with one attached hydrogen (secondary N) is 2. The molecule has 0 spiro atoms. The molecule has 1 heterocycles. The van der Waals surface area contributed by atoms with Crippen molar-refractivity contribution in [3.63, 3.8) is 0 Å². The molecule has 1 aliphatic heterocycles. The smallest absolute Gasteiger partial charge is 0.407 e. The molecule has 4 rings (SSSR count). The van der Waals surface area contributed by atoms with Crippen molar-refractivity contribution in [2.45, 2.75) is 51.3 Å². The lowest BCUT2D eigenvalue weighted by molar-refractivity contribution is 0.129. The van der Waals surface area contributed by atoms with Gasteiger partial charge in [-0.3, -0.25) is 0 Å². The lowest BCUT2D eigenvalue weighted by Crippen LogP contribution is -2.46. The third-order valence-corrected chi connectivity index (χ3v) is 6.73. The Kier molecular flexibility index (Phi) is 6.21. The van der Waals surface area contributed by atoms with Crippen LogP contribution in [0.25, 0.3) is 0 Å². The third-order valence-electron chi connectivity index (χ3n) is 6.22. The van der Waals surface area contributed by atoms with Crippen LogP contribution in [0.2, 0.25) is 10.0 Å². The highest BCUT2D eigenvalue weighted by molar-refractivity contribution is 6.36. The summed E-state index contributed by atoms with van der Waals surface area (Å²) in [6, 6.07) is 13.3. The first kappa shape index (κ1) is 20.4. The van der Waals surface area contributed by atoms with Crippen LogP contribution in [0.3, 0.4) is 0 Å². The van der Waals surface area contributed by atoms with Crippen LogP contribution in [0.15, 0.2) is 42.5 Å². The molecular formula is C23H26Cl2N2O2. The van der Waals surface area contributed by atoms with Gasteiger partial charge in [0.05, 0.1) is 16.8 Å². The molecule has 1 saturated carbocycles. The lowest BCUT2D eigenvalue weighted by Gasteiger charge is -2.42. The average molecular weight is 433 g/mol. The van der Waals surface area contributed by atoms with Crippen molar-refractivity contribution in [1.29, 1.82) is 0 Å². The summed E-state index contributed by atoms with van der Waals surface area (Å²) < 4.78 is 5.48. The van der Waals surface area contributed by atoms with Crippen molar-refractivity contribution in [3.8, 4) is 0 Å². The molecule has 2 aromatic carbocycles. The van der Waals surface area contributed by atoms with E-state index >= 15 is 0 Å². The van der Waals surface area contributed by atoms with Crippen LogP contribution >= 0.6 is 23.2 Å². The van der Waals surface area contributed by atoms with E-state index in [4.69, 9.17) is 27.9 Å². The fraction of sp³-hybridized carbons (Fsp3) is 0.435. The van der Waals surface area contributed by atoms with Gasteiger partial charge in [0.25, 0.3) is 0 Å². The van der Waals surface area contributed by atoms with Gasteiger partial charge in [-0.2, -0.15) is 0 Å². The maximum Gasteiger partial charge on any atom is 0.407 e. The number of carbonyl (C=O) groups is 1. The minimum absolute atomic E-state index is 0.185. The Labute approximate surface area is 181 Å². The Morgan fingerprint density at radius 1 is 1.17 bits per heavy atom. The predicted molar refractivity (Wildman–Crippen MR) is 117 cm³/mol. The number of fused-ring (bicyclic) bond motifs is 1. The van der Waals surface area contributed by atoms with Crippen LogP contribution in [0.4, 0.5) is 10.5 Å². The number of benzene rings is 2. The number of ether oxygens (including phenoxy) is 1. The summed E-state index contributed by atoms with van der Waals surface area (Å²) in [7, 11) is 0. The highest BCUT2D eigenvalue weighted by Crippen LogP contribution is 2.46. The Hall–Kier alpha value is -1.91. The zero-order chi connectivity index (χ0) is 20.4. The Morgan fingerprint density at radius 2 is 1.90 bits per heavy atom. The zero-order valence-corrected chi connectivity index (χ0v) is 18.0. The van der Waals surface area contributed by atoms with E-state index in [9.17, 15) is 4.79 Å². The summed E-state index contributed by atoms with van der Waals surface area (Å²) in [5.41, 5.74) is 2.75. The van der Waals surface area contributed by atoms with Gasteiger partial charge in [-0.05, 0) is 36.5 Å². The number of carbonyl (C=O) groups excluding carboxylic acids is 1. The highest BCUT2D eigenvalue weighted by atomic mass is 35.5. The first-order valence-corrected chi connectivity index (χ1v) is 11.0. The van der Waals surface area contributed by atoms with Crippen LogP contribution < -0.4 is 10.6 Å². The molecule has 1 amide bonds. The van der Waals surface area contributed by atoms with Gasteiger partial charge in [-0.25, -0.2) is 4.79 Å². The van der Waals surface area contributed by atoms with Crippen molar-refractivity contribution in [2.24, 2.45) is 11.8 Å². The van der Waals surface area contributed by atoms with Gasteiger partial charge >= 0.3 is 6.09 Å². The molecule has 0 radical (unpaired) electrons. The molecule has 0 saturated heterocycles. The molecule has 0 bridgehead atoms. The fourth-order valence-electron chi connectivity index (χ4n) is 4.74. The number of halogens is 2. The predicted octanol–water partition coefficient (Wildman–Crippen LogP) is 6.58. The Bertz CT molecular complexity index is 869. The fourth-order valence-corrected chi connectivity index (χ4v) is 5.31. The lowest BCUT2D eigenvalue weighted by atomic mass is 9.77. The van der Waals surface area contributed by atoms with Crippen molar-refractivity contribution in [1.82, 2.24) is 5.32 Å². The van der Waals surface area contributed by atoms with Crippen LogP contribution in [-0.2, 0) is 11.3 Å². The minimum Gasteiger partial charge on any atom is -0.445 e. The molecule has 0 aromatic heterocycles. The van der Waals surface area contributed by atoms with E-state index in [-0.39, 0.29) is 24.6 Å². The second kappa shape index (κ2) is 8.85. The van der Waals surface area contributed by atoms with Crippen LogP contribution in [-0.4, -0.2) is 12.1 Å². The standard InChI is InChI=1S/C23H26Cl2N2O2/c1-14-20(16-9-5-6-10-16)26-22-18(11-17(24)12-19(22)25)21(14)27-23(28)29-13-15-7-3-2-4-8-15/h2-4,7-8,11-12,14,16,20-21,26H,5-6,9-10,13H2,1H3,(H,27,28)/t14-,20+,21+/m0/s1. The van der Waals surface area contributed by atoms with Crippen molar-refractivity contribution in [3.05, 3.63) is 63.6 Å². The van der Waals surface area contributed by atoms with Crippen molar-refractivity contribution < 1.29 is 9.53 Å². The molecule has 2 N–H and O–H groups in total. The van der Waals surface area contributed by atoms with Gasteiger partial charge in [0.15, 0.2) is 0 Å². The topological polar surface area (TPSA) is 50.4 Å². The second-order valence-corrected chi connectivity index (χ2v) is 8.95. The largest absolute Gasteiger partial charge is 0.445 e. The Morgan fingerprint density at radius 3 is 2.62 bits per heavy atom. The number of amides is 1. The quantitative estimate of drug-likeness (QED) is 0.573. The molecule has 6 heteroatoms. The molecule has 0 unspecified atom stereocenters. The summed E-state index contributed by atoms with van der Waals surface area (Å²) in [6.07, 6.45) is 4.49. The van der Waals surface area contributed by atoms with Gasteiger partial charge in [0.1, 0.15) is 6.61 Å². The van der Waals surface area contributed by atoms with Crippen LogP contribution in [0, 0.1) is 11.8 Å². The van der Waals surface area contributed by atoms with E-state index in [1.807, 2.05) is 36.4 Å². The summed E-state index contributed by atoms with van der Waals surface area (Å²) >= 11 is 12.8. The molecular weight excluding hydrogens is 407 g/mol. The molecule has 2 aliphatic rings. The Balaban J connectivity index is 1.55. The molecule has 4 nitrogen and oxygen atoms in total. The van der Waals surface area contributed by atoms with Crippen molar-refractivity contribution >= 4 is 35.0 Å². The minimum atomic E-state index is -0.431. The van der Waals surface area contributed by atoms with Gasteiger partial charge in [-0.15, -0.1) is 0 Å². The van der Waals surface area contributed by atoms with Gasteiger partial charge in [0.2, 0.25) is 0 Å². The normalized spacial score (nSPS) is 23.9. The number of rotatable bonds is 4. The van der Waals surface area contributed by atoms with Gasteiger partial charge in [0, 0.05) is 22.5 Å². The molecule has 2 aromatic rings. The highest BCUT2D eigenvalue weighted by Gasteiger charge is 2.40. The van der Waals surface area contributed by atoms with Crippen molar-refractivity contribution in [2.75, 3.05) is 5.32 Å². The maximum absolute atomic E-state index is 12.6. The number of alkyl carbamates (subject to hydrolysis) is 1. The van der Waals surface area contributed by atoms with E-state index in [1.165, 1.54) is 25.7 Å². The SMILES string of the molecule is C[C@@H]1[C@@H](NC(=O)OCc2ccccc2)c2cc(Cl)cc(Cl)c2N[C@H]1C1CCCC1. The van der Waals surface area contributed by atoms with Crippen LogP contribution in [0.1, 0.15) is 49.8 Å². The van der Waals surface area contributed by atoms with E-state index in [0.717, 1.165) is 16.8 Å². The van der Waals surface area contributed by atoms with Crippen LogP contribution in [0.5, 0.6) is 0 Å². The first-order chi connectivity index (χ1) is 14.0. The summed E-state index contributed by atoms with van der Waals surface area (Å²) in [5, 5.41) is 7.90. The summed E-state index contributed by atoms with van der Waals surface area (Å²) in [5.74, 6) is 0.763. The molecule has 154 valence electrons. The molecule has 1 fully saturated rings. The summed E-state index contributed by atoms with van der Waals surface area (Å²) in [4.78, 5) is 12.6. The van der Waals surface area contributed by atoms with E-state index < -0.39 is 6.09 Å². The summed E-state index contributed by atoms with van der Waals surface area (Å²) in [6.45, 7) is 2.41. The molecule has 3 atom stereocenters. The number of anilines is 1.